The van der Waals surface area contributed by atoms with Crippen molar-refractivity contribution in [1.29, 1.82) is 0 Å². The maximum absolute atomic E-state index is 14.7. The van der Waals surface area contributed by atoms with E-state index in [1.807, 2.05) is 6.92 Å². The van der Waals surface area contributed by atoms with Gasteiger partial charge in [0, 0.05) is 22.0 Å². The quantitative estimate of drug-likeness (QED) is 0.467. The minimum atomic E-state index is -1.02. The highest BCUT2D eigenvalue weighted by Gasteiger charge is 2.45. The van der Waals surface area contributed by atoms with E-state index in [4.69, 9.17) is 4.42 Å². The third-order valence-corrected chi connectivity index (χ3v) is 5.70. The number of carbonyl (C=O) groups excluding carboxylic acids is 2. The van der Waals surface area contributed by atoms with Gasteiger partial charge in [0.05, 0.1) is 11.6 Å². The van der Waals surface area contributed by atoms with Crippen molar-refractivity contribution in [3.05, 3.63) is 81.5 Å². The molecule has 0 spiro atoms. The van der Waals surface area contributed by atoms with E-state index in [1.54, 1.807) is 30.3 Å². The molecule has 1 aliphatic rings. The second kappa shape index (κ2) is 8.07. The van der Waals surface area contributed by atoms with Gasteiger partial charge in [0.25, 0.3) is 5.91 Å². The first-order chi connectivity index (χ1) is 14.4. The number of aliphatic hydroxyl groups is 1. The number of hydrogen-bond acceptors (Lipinski definition) is 4. The fourth-order valence-electron chi connectivity index (χ4n) is 3.72. The number of fused-ring (bicyclic) bond motifs is 1. The molecule has 2 aromatic carbocycles. The van der Waals surface area contributed by atoms with E-state index in [0.29, 0.717) is 23.9 Å². The van der Waals surface area contributed by atoms with Crippen LogP contribution in [0.5, 0.6) is 0 Å². The van der Waals surface area contributed by atoms with Gasteiger partial charge < -0.3 is 14.4 Å². The second-order valence-corrected chi connectivity index (χ2v) is 8.08. The van der Waals surface area contributed by atoms with Crippen LogP contribution in [0.4, 0.5) is 4.39 Å². The van der Waals surface area contributed by atoms with Gasteiger partial charge in [0.1, 0.15) is 11.4 Å². The fourth-order valence-corrected chi connectivity index (χ4v) is 4.10. The topological polar surface area (TPSA) is 70.8 Å². The van der Waals surface area contributed by atoms with E-state index in [1.165, 1.54) is 23.1 Å². The molecule has 2 heterocycles. The van der Waals surface area contributed by atoms with Crippen molar-refractivity contribution in [3.8, 4) is 0 Å². The molecular formula is C23H19BrFNO4. The minimum Gasteiger partial charge on any atom is -0.503 e. The average Bonchev–Trinajstić information content (AvgIpc) is 3.25. The second-order valence-electron chi connectivity index (χ2n) is 7.16. The molecule has 0 radical (unpaired) electrons. The minimum absolute atomic E-state index is 0.0175. The summed E-state index contributed by atoms with van der Waals surface area (Å²) < 4.78 is 21.2. The van der Waals surface area contributed by atoms with E-state index < -0.39 is 29.3 Å². The smallest absolute Gasteiger partial charge is 0.290 e. The molecule has 1 amide bonds. The van der Waals surface area contributed by atoms with Crippen LogP contribution in [0.2, 0.25) is 0 Å². The van der Waals surface area contributed by atoms with Crippen molar-refractivity contribution < 1.29 is 23.5 Å². The fraction of sp³-hybridized carbons (Fsp3) is 0.217. The maximum Gasteiger partial charge on any atom is 0.290 e. The van der Waals surface area contributed by atoms with Gasteiger partial charge in [0.15, 0.2) is 11.5 Å². The number of halogens is 2. The van der Waals surface area contributed by atoms with Crippen molar-refractivity contribution in [3.63, 3.8) is 0 Å². The number of carbonyl (C=O) groups is 2. The molecule has 1 aromatic heterocycles. The summed E-state index contributed by atoms with van der Waals surface area (Å²) in [6.07, 6.45) is 1.46. The normalized spacial score (nSPS) is 16.7. The van der Waals surface area contributed by atoms with Gasteiger partial charge in [-0.3, -0.25) is 9.59 Å². The van der Waals surface area contributed by atoms with E-state index in [0.717, 1.165) is 10.9 Å². The van der Waals surface area contributed by atoms with E-state index in [-0.39, 0.29) is 16.9 Å². The standard InChI is InChI=1S/C23H19BrFNO4/c1-2-3-10-26-20(15-6-4-5-7-16(15)25)19(22(28)23(26)29)21(27)18-12-13-11-14(24)8-9-17(13)30-18/h4-9,11-12,20,28H,2-3,10H2,1H3. The van der Waals surface area contributed by atoms with Gasteiger partial charge in [-0.15, -0.1) is 0 Å². The van der Waals surface area contributed by atoms with Crippen LogP contribution >= 0.6 is 15.9 Å². The zero-order valence-corrected chi connectivity index (χ0v) is 17.8. The molecule has 1 atom stereocenters. The van der Waals surface area contributed by atoms with Crippen LogP contribution in [0, 0.1) is 5.82 Å². The Kier molecular flexibility index (Phi) is 5.47. The Labute approximate surface area is 180 Å². The first kappa shape index (κ1) is 20.3. The van der Waals surface area contributed by atoms with Gasteiger partial charge in [-0.25, -0.2) is 4.39 Å². The number of benzene rings is 2. The number of furan rings is 1. The molecule has 4 rings (SSSR count). The zero-order chi connectivity index (χ0) is 21.4. The van der Waals surface area contributed by atoms with Crippen LogP contribution in [0.25, 0.3) is 11.0 Å². The van der Waals surface area contributed by atoms with Crippen LogP contribution in [-0.4, -0.2) is 28.2 Å². The number of amides is 1. The van der Waals surface area contributed by atoms with Crippen LogP contribution in [0.15, 0.2) is 68.8 Å². The number of ketones is 1. The Morgan fingerprint density at radius 3 is 2.73 bits per heavy atom. The summed E-state index contributed by atoms with van der Waals surface area (Å²) in [4.78, 5) is 27.5. The van der Waals surface area contributed by atoms with Crippen molar-refractivity contribution in [2.75, 3.05) is 6.54 Å². The molecular weight excluding hydrogens is 453 g/mol. The van der Waals surface area contributed by atoms with Crippen molar-refractivity contribution in [1.82, 2.24) is 4.90 Å². The monoisotopic (exact) mass is 471 g/mol. The van der Waals surface area contributed by atoms with Crippen molar-refractivity contribution in [2.24, 2.45) is 0 Å². The highest BCUT2D eigenvalue weighted by atomic mass is 79.9. The summed E-state index contributed by atoms with van der Waals surface area (Å²) in [6, 6.07) is 11.8. The first-order valence-electron chi connectivity index (χ1n) is 9.64. The third-order valence-electron chi connectivity index (χ3n) is 5.20. The highest BCUT2D eigenvalue weighted by Crippen LogP contribution is 2.40. The summed E-state index contributed by atoms with van der Waals surface area (Å²) in [5.74, 6) is -2.55. The van der Waals surface area contributed by atoms with E-state index in [2.05, 4.69) is 15.9 Å². The number of hydrogen-bond donors (Lipinski definition) is 1. The zero-order valence-electron chi connectivity index (χ0n) is 16.2. The summed E-state index contributed by atoms with van der Waals surface area (Å²) in [6.45, 7) is 2.26. The van der Waals surface area contributed by atoms with Crippen molar-refractivity contribution in [2.45, 2.75) is 25.8 Å². The molecule has 0 bridgehead atoms. The first-order valence-corrected chi connectivity index (χ1v) is 10.4. The van der Waals surface area contributed by atoms with Gasteiger partial charge >= 0.3 is 0 Å². The SMILES string of the molecule is CCCCN1C(=O)C(O)=C(C(=O)c2cc3cc(Br)ccc3o2)C1c1ccccc1F. The largest absolute Gasteiger partial charge is 0.503 e. The van der Waals surface area contributed by atoms with Crippen LogP contribution < -0.4 is 0 Å². The van der Waals surface area contributed by atoms with Crippen LogP contribution in [0.3, 0.4) is 0 Å². The Balaban J connectivity index is 1.82. The molecule has 1 N–H and O–H groups in total. The lowest BCUT2D eigenvalue weighted by molar-refractivity contribution is -0.129. The molecule has 3 aromatic rings. The Morgan fingerprint density at radius 2 is 2.00 bits per heavy atom. The van der Waals surface area contributed by atoms with Crippen LogP contribution in [0.1, 0.15) is 41.9 Å². The van der Waals surface area contributed by atoms with Gasteiger partial charge in [-0.05, 0) is 36.8 Å². The number of nitrogens with zero attached hydrogens (tertiary/aromatic N) is 1. The Bertz CT molecular complexity index is 1180. The van der Waals surface area contributed by atoms with Crippen LogP contribution in [-0.2, 0) is 4.79 Å². The molecule has 1 unspecified atom stereocenters. The molecule has 0 saturated carbocycles. The van der Waals surface area contributed by atoms with E-state index >= 15 is 0 Å². The summed E-state index contributed by atoms with van der Waals surface area (Å²) in [7, 11) is 0. The predicted octanol–water partition coefficient (Wildman–Crippen LogP) is 5.71. The molecule has 7 heteroatoms. The predicted molar refractivity (Wildman–Crippen MR) is 114 cm³/mol. The Morgan fingerprint density at radius 1 is 1.23 bits per heavy atom. The maximum atomic E-state index is 14.7. The average molecular weight is 472 g/mol. The molecule has 30 heavy (non-hydrogen) atoms. The lowest BCUT2D eigenvalue weighted by Crippen LogP contribution is -2.32. The van der Waals surface area contributed by atoms with E-state index in [9.17, 15) is 19.1 Å². The molecule has 154 valence electrons. The number of unbranched alkanes of at least 4 members (excludes halogenated alkanes) is 1. The molecule has 1 aliphatic heterocycles. The molecule has 0 fully saturated rings. The molecule has 0 aliphatic carbocycles. The van der Waals surface area contributed by atoms with Gasteiger partial charge in [-0.1, -0.05) is 47.5 Å². The lowest BCUT2D eigenvalue weighted by atomic mass is 9.94. The number of aliphatic hydroxyl groups excluding tert-OH is 1. The molecule has 5 nitrogen and oxygen atoms in total. The molecule has 0 saturated heterocycles. The lowest BCUT2D eigenvalue weighted by Gasteiger charge is -2.26. The third kappa shape index (κ3) is 3.43. The Hall–Kier alpha value is -2.93. The number of Topliss-reactive ketones (excluding diaryl/α,β-unsaturated/α-hetero) is 1. The summed E-state index contributed by atoms with van der Waals surface area (Å²) in [5, 5.41) is 11.3. The van der Waals surface area contributed by atoms with Gasteiger partial charge in [-0.2, -0.15) is 0 Å². The summed E-state index contributed by atoms with van der Waals surface area (Å²) in [5.41, 5.74) is 0.490. The highest BCUT2D eigenvalue weighted by molar-refractivity contribution is 9.10. The van der Waals surface area contributed by atoms with Crippen molar-refractivity contribution >= 4 is 38.6 Å². The number of rotatable bonds is 6. The van der Waals surface area contributed by atoms with Gasteiger partial charge in [0.2, 0.25) is 5.78 Å². The summed E-state index contributed by atoms with van der Waals surface area (Å²) >= 11 is 3.37.